The first-order valence-electron chi connectivity index (χ1n) is 6.35. The molecule has 5 heteroatoms. The van der Waals surface area contributed by atoms with Crippen LogP contribution in [0.15, 0.2) is 17.5 Å². The predicted octanol–water partition coefficient (Wildman–Crippen LogP) is 3.79. The van der Waals surface area contributed by atoms with Gasteiger partial charge in [-0.2, -0.15) is 0 Å². The summed E-state index contributed by atoms with van der Waals surface area (Å²) in [7, 11) is 1.38. The first-order chi connectivity index (χ1) is 9.58. The fraction of sp³-hybridized carbons (Fsp3) is 0.333. The van der Waals surface area contributed by atoms with Crippen LogP contribution in [0.3, 0.4) is 0 Å². The predicted molar refractivity (Wildman–Crippen MR) is 84.4 cm³/mol. The summed E-state index contributed by atoms with van der Waals surface area (Å²) in [6, 6.07) is 2.18. The van der Waals surface area contributed by atoms with Gasteiger partial charge < -0.3 is 4.74 Å². The van der Waals surface area contributed by atoms with Gasteiger partial charge in [-0.05, 0) is 44.4 Å². The number of hydrogen-bond acceptors (Lipinski definition) is 5. The number of hydrogen-bond donors (Lipinski definition) is 0. The second-order valence-electron chi connectivity index (χ2n) is 4.47. The van der Waals surface area contributed by atoms with E-state index in [0.717, 1.165) is 28.4 Å². The van der Waals surface area contributed by atoms with Crippen molar-refractivity contribution in [3.63, 3.8) is 0 Å². The molecule has 106 valence electrons. The molecule has 2 heterocycles. The Morgan fingerprint density at radius 1 is 1.40 bits per heavy atom. The van der Waals surface area contributed by atoms with E-state index in [0.29, 0.717) is 0 Å². The van der Waals surface area contributed by atoms with Crippen molar-refractivity contribution in [3.05, 3.63) is 43.5 Å². The zero-order valence-electron chi connectivity index (χ0n) is 11.8. The fourth-order valence-electron chi connectivity index (χ4n) is 1.84. The lowest BCUT2D eigenvalue weighted by Crippen LogP contribution is -1.92. The minimum atomic E-state index is -0.322. The van der Waals surface area contributed by atoms with E-state index in [2.05, 4.69) is 28.1 Å². The highest BCUT2D eigenvalue weighted by molar-refractivity contribution is 7.13. The molecule has 0 spiro atoms. The highest BCUT2D eigenvalue weighted by atomic mass is 32.1. The smallest absolute Gasteiger partial charge is 0.330 e. The lowest BCUT2D eigenvalue weighted by atomic mass is 10.2. The molecule has 2 aromatic heterocycles. The number of carbonyl (C=O) groups excluding carboxylic acids is 1. The Kier molecular flexibility index (Phi) is 5.09. The molecule has 0 unspecified atom stereocenters. The van der Waals surface area contributed by atoms with Gasteiger partial charge in [0.05, 0.1) is 17.8 Å². The molecule has 0 aliphatic rings. The van der Waals surface area contributed by atoms with Crippen molar-refractivity contribution in [1.82, 2.24) is 4.98 Å². The molecule has 0 saturated carbocycles. The quantitative estimate of drug-likeness (QED) is 0.623. The minimum Gasteiger partial charge on any atom is -0.466 e. The molecule has 0 radical (unpaired) electrons. The lowest BCUT2D eigenvalue weighted by Gasteiger charge is -1.93. The van der Waals surface area contributed by atoms with Crippen LogP contribution >= 0.6 is 22.7 Å². The average Bonchev–Trinajstić information content (AvgIpc) is 3.00. The second kappa shape index (κ2) is 6.81. The van der Waals surface area contributed by atoms with Crippen molar-refractivity contribution >= 4 is 34.7 Å². The molecule has 0 fully saturated rings. The van der Waals surface area contributed by atoms with Gasteiger partial charge in [-0.25, -0.2) is 9.78 Å². The summed E-state index contributed by atoms with van der Waals surface area (Å²) < 4.78 is 4.60. The van der Waals surface area contributed by atoms with E-state index in [1.165, 1.54) is 23.6 Å². The van der Waals surface area contributed by atoms with E-state index in [9.17, 15) is 4.79 Å². The van der Waals surface area contributed by atoms with Gasteiger partial charge in [0.15, 0.2) is 0 Å². The van der Waals surface area contributed by atoms with Crippen LogP contribution in [-0.4, -0.2) is 18.1 Å². The maximum atomic E-state index is 11.1. The van der Waals surface area contributed by atoms with Crippen LogP contribution in [0.2, 0.25) is 0 Å². The van der Waals surface area contributed by atoms with Gasteiger partial charge in [-0.15, -0.1) is 22.7 Å². The summed E-state index contributed by atoms with van der Waals surface area (Å²) in [4.78, 5) is 18.0. The maximum absolute atomic E-state index is 11.1. The van der Waals surface area contributed by atoms with E-state index in [1.807, 2.05) is 13.0 Å². The molecule has 3 nitrogen and oxygen atoms in total. The Labute approximate surface area is 126 Å². The number of thiazole rings is 1. The Morgan fingerprint density at radius 3 is 2.85 bits per heavy atom. The molecular weight excluding hydrogens is 290 g/mol. The molecule has 2 rings (SSSR count). The Bertz CT molecular complexity index is 626. The third-order valence-corrected chi connectivity index (χ3v) is 4.96. The van der Waals surface area contributed by atoms with E-state index in [-0.39, 0.29) is 5.97 Å². The number of thiophene rings is 1. The van der Waals surface area contributed by atoms with Crippen molar-refractivity contribution in [3.8, 4) is 0 Å². The zero-order chi connectivity index (χ0) is 14.5. The highest BCUT2D eigenvalue weighted by Crippen LogP contribution is 2.24. The number of methoxy groups -OCH3 is 1. The van der Waals surface area contributed by atoms with Crippen LogP contribution in [0, 0.1) is 13.8 Å². The van der Waals surface area contributed by atoms with Crippen LogP contribution in [-0.2, 0) is 22.4 Å². The minimum absolute atomic E-state index is 0.322. The van der Waals surface area contributed by atoms with Crippen LogP contribution in [0.4, 0.5) is 0 Å². The molecule has 20 heavy (non-hydrogen) atoms. The third kappa shape index (κ3) is 4.02. The van der Waals surface area contributed by atoms with Crippen LogP contribution in [0.5, 0.6) is 0 Å². The molecule has 0 aliphatic carbocycles. The van der Waals surface area contributed by atoms with Crippen molar-refractivity contribution in [2.24, 2.45) is 0 Å². The van der Waals surface area contributed by atoms with Crippen molar-refractivity contribution in [2.75, 3.05) is 7.11 Å². The van der Waals surface area contributed by atoms with Gasteiger partial charge in [-0.3, -0.25) is 0 Å². The standard InChI is InChI=1S/C15H17NO2S2/c1-10-8-13(5-4-12-9-19-11(2)16-12)20-14(10)6-7-15(17)18-3/h6-9H,4-5H2,1-3H3/b7-6+. The molecule has 0 aliphatic heterocycles. The first kappa shape index (κ1) is 14.9. The number of nitrogens with zero attached hydrogens (tertiary/aromatic N) is 1. The van der Waals surface area contributed by atoms with Gasteiger partial charge in [0.1, 0.15) is 0 Å². The number of esters is 1. The van der Waals surface area contributed by atoms with Crippen molar-refractivity contribution in [1.29, 1.82) is 0 Å². The van der Waals surface area contributed by atoms with Crippen molar-refractivity contribution < 1.29 is 9.53 Å². The number of aromatic nitrogens is 1. The SMILES string of the molecule is COC(=O)/C=C/c1sc(CCc2csc(C)n2)cc1C. The van der Waals surface area contributed by atoms with E-state index < -0.39 is 0 Å². The van der Waals surface area contributed by atoms with E-state index in [4.69, 9.17) is 0 Å². The summed E-state index contributed by atoms with van der Waals surface area (Å²) in [6.45, 7) is 4.09. The zero-order valence-corrected chi connectivity index (χ0v) is 13.4. The Morgan fingerprint density at radius 2 is 2.20 bits per heavy atom. The molecule has 0 aromatic carbocycles. The lowest BCUT2D eigenvalue weighted by molar-refractivity contribution is -0.134. The first-order valence-corrected chi connectivity index (χ1v) is 8.04. The van der Waals surface area contributed by atoms with Crippen LogP contribution in [0.1, 0.15) is 26.0 Å². The highest BCUT2D eigenvalue weighted by Gasteiger charge is 2.05. The average molecular weight is 307 g/mol. The molecule has 2 aromatic rings. The number of aryl methyl sites for hydroxylation is 4. The van der Waals surface area contributed by atoms with Crippen LogP contribution < -0.4 is 0 Å². The maximum Gasteiger partial charge on any atom is 0.330 e. The summed E-state index contributed by atoms with van der Waals surface area (Å²) in [5, 5.41) is 3.23. The Balaban J connectivity index is 2.00. The summed E-state index contributed by atoms with van der Waals surface area (Å²) in [5.41, 5.74) is 2.35. The summed E-state index contributed by atoms with van der Waals surface area (Å²) in [6.07, 6.45) is 5.24. The molecule has 0 saturated heterocycles. The van der Waals surface area contributed by atoms with E-state index in [1.54, 1.807) is 22.7 Å². The largest absolute Gasteiger partial charge is 0.466 e. The van der Waals surface area contributed by atoms with Gasteiger partial charge in [-0.1, -0.05) is 0 Å². The molecule has 0 bridgehead atoms. The third-order valence-electron chi connectivity index (χ3n) is 2.87. The summed E-state index contributed by atoms with van der Waals surface area (Å²) >= 11 is 3.41. The van der Waals surface area contributed by atoms with E-state index >= 15 is 0 Å². The van der Waals surface area contributed by atoms with Crippen LogP contribution in [0.25, 0.3) is 6.08 Å². The Hall–Kier alpha value is -1.46. The molecule has 0 atom stereocenters. The molecule has 0 amide bonds. The summed E-state index contributed by atoms with van der Waals surface area (Å²) in [5.74, 6) is -0.322. The number of carbonyl (C=O) groups is 1. The number of rotatable bonds is 5. The second-order valence-corrected chi connectivity index (χ2v) is 6.70. The van der Waals surface area contributed by atoms with Gasteiger partial charge >= 0.3 is 5.97 Å². The number of ether oxygens (including phenoxy) is 1. The monoisotopic (exact) mass is 307 g/mol. The normalized spacial score (nSPS) is 11.2. The molecule has 0 N–H and O–H groups in total. The fourth-order valence-corrected chi connectivity index (χ4v) is 3.56. The molecular formula is C15H17NO2S2. The van der Waals surface area contributed by atoms with Crippen molar-refractivity contribution in [2.45, 2.75) is 26.7 Å². The van der Waals surface area contributed by atoms with Gasteiger partial charge in [0.25, 0.3) is 0 Å². The topological polar surface area (TPSA) is 39.2 Å². The van der Waals surface area contributed by atoms with Gasteiger partial charge in [0, 0.05) is 21.2 Å². The van der Waals surface area contributed by atoms with Gasteiger partial charge in [0.2, 0.25) is 0 Å².